The topological polar surface area (TPSA) is 38.3 Å². The van der Waals surface area contributed by atoms with E-state index in [4.69, 9.17) is 4.74 Å². The molecular formula is C14H21NO2S. The number of carbonyl (C=O) groups excluding carboxylic acids is 1. The Morgan fingerprint density at radius 2 is 2.50 bits per heavy atom. The van der Waals surface area contributed by atoms with E-state index in [9.17, 15) is 4.79 Å². The fourth-order valence-corrected chi connectivity index (χ4v) is 2.97. The van der Waals surface area contributed by atoms with Crippen molar-refractivity contribution in [3.05, 3.63) is 22.4 Å². The lowest BCUT2D eigenvalue weighted by molar-refractivity contribution is 0.0749. The minimum Gasteiger partial charge on any atom is -0.373 e. The number of rotatable bonds is 7. The molecule has 100 valence electrons. The zero-order valence-corrected chi connectivity index (χ0v) is 11.5. The highest BCUT2D eigenvalue weighted by molar-refractivity contribution is 7.12. The average Bonchev–Trinajstić information content (AvgIpc) is 2.93. The second-order valence-electron chi connectivity index (χ2n) is 4.81. The van der Waals surface area contributed by atoms with Gasteiger partial charge in [0, 0.05) is 6.61 Å². The van der Waals surface area contributed by atoms with E-state index in [1.165, 1.54) is 37.1 Å². The van der Waals surface area contributed by atoms with Gasteiger partial charge in [0.15, 0.2) is 5.78 Å². The van der Waals surface area contributed by atoms with Crippen molar-refractivity contribution in [2.45, 2.75) is 25.7 Å². The highest BCUT2D eigenvalue weighted by Gasteiger charge is 2.12. The molecular weight excluding hydrogens is 246 g/mol. The molecule has 1 aliphatic rings. The number of carbonyl (C=O) groups is 1. The number of ketones is 1. The van der Waals surface area contributed by atoms with Gasteiger partial charge >= 0.3 is 0 Å². The fourth-order valence-electron chi connectivity index (χ4n) is 2.32. The smallest absolute Gasteiger partial charge is 0.198 e. The van der Waals surface area contributed by atoms with Crippen LogP contribution in [0.15, 0.2) is 17.5 Å². The van der Waals surface area contributed by atoms with E-state index in [2.05, 4.69) is 5.32 Å². The monoisotopic (exact) mass is 267 g/mol. The third-order valence-corrected chi connectivity index (χ3v) is 4.24. The molecule has 1 aromatic heterocycles. The largest absolute Gasteiger partial charge is 0.373 e. The van der Waals surface area contributed by atoms with Crippen LogP contribution in [0, 0.1) is 5.92 Å². The predicted molar refractivity (Wildman–Crippen MR) is 74.3 cm³/mol. The van der Waals surface area contributed by atoms with Crippen LogP contribution >= 0.6 is 11.3 Å². The normalized spacial score (nSPS) is 19.9. The van der Waals surface area contributed by atoms with Crippen LogP contribution in [0.25, 0.3) is 0 Å². The zero-order chi connectivity index (χ0) is 12.6. The first-order valence-electron chi connectivity index (χ1n) is 6.71. The van der Waals surface area contributed by atoms with Gasteiger partial charge in [0.05, 0.1) is 4.88 Å². The summed E-state index contributed by atoms with van der Waals surface area (Å²) in [6.45, 7) is 3.24. The van der Waals surface area contributed by atoms with Crippen molar-refractivity contribution in [2.24, 2.45) is 5.92 Å². The molecule has 18 heavy (non-hydrogen) atoms. The molecule has 2 rings (SSSR count). The lowest BCUT2D eigenvalue weighted by atomic mass is 9.95. The van der Waals surface area contributed by atoms with Crippen LogP contribution in [0.1, 0.15) is 35.4 Å². The van der Waals surface area contributed by atoms with Gasteiger partial charge in [-0.3, -0.25) is 4.79 Å². The molecule has 0 aliphatic carbocycles. The van der Waals surface area contributed by atoms with Crippen LogP contribution in [0.3, 0.4) is 0 Å². The average molecular weight is 267 g/mol. The van der Waals surface area contributed by atoms with Crippen LogP contribution in [0.4, 0.5) is 0 Å². The molecule has 1 atom stereocenters. The number of piperidine rings is 1. The van der Waals surface area contributed by atoms with Gasteiger partial charge < -0.3 is 10.1 Å². The fraction of sp³-hybridized carbons (Fsp3) is 0.643. The number of ether oxygens (including phenoxy) is 1. The van der Waals surface area contributed by atoms with Gasteiger partial charge in [0.1, 0.15) is 6.61 Å². The maximum atomic E-state index is 11.6. The summed E-state index contributed by atoms with van der Waals surface area (Å²) < 4.78 is 5.45. The number of Topliss-reactive ketones (excluding diaryl/α,β-unsaturated/α-hetero) is 1. The van der Waals surface area contributed by atoms with Crippen LogP contribution in [0.2, 0.25) is 0 Å². The van der Waals surface area contributed by atoms with Crippen LogP contribution in [0.5, 0.6) is 0 Å². The Kier molecular flexibility index (Phi) is 5.84. The Bertz CT molecular complexity index is 345. The van der Waals surface area contributed by atoms with E-state index in [1.54, 1.807) is 0 Å². The SMILES string of the molecule is O=C(COCCC[C@H]1CCCNC1)c1cccs1. The van der Waals surface area contributed by atoms with Gasteiger partial charge in [0.25, 0.3) is 0 Å². The molecule has 1 N–H and O–H groups in total. The summed E-state index contributed by atoms with van der Waals surface area (Å²) in [7, 11) is 0. The molecule has 0 radical (unpaired) electrons. The van der Waals surface area contributed by atoms with Crippen molar-refractivity contribution in [1.29, 1.82) is 0 Å². The molecule has 0 unspecified atom stereocenters. The van der Waals surface area contributed by atoms with Crippen molar-refractivity contribution < 1.29 is 9.53 Å². The van der Waals surface area contributed by atoms with E-state index in [0.29, 0.717) is 6.61 Å². The second-order valence-corrected chi connectivity index (χ2v) is 5.76. The first kappa shape index (κ1) is 13.7. The first-order valence-corrected chi connectivity index (χ1v) is 7.59. The Morgan fingerprint density at radius 3 is 3.22 bits per heavy atom. The summed E-state index contributed by atoms with van der Waals surface area (Å²) in [5.74, 6) is 0.902. The van der Waals surface area contributed by atoms with E-state index in [0.717, 1.165) is 23.8 Å². The molecule has 1 aromatic rings. The van der Waals surface area contributed by atoms with Gasteiger partial charge in [0.2, 0.25) is 0 Å². The van der Waals surface area contributed by atoms with Crippen molar-refractivity contribution >= 4 is 17.1 Å². The third kappa shape index (κ3) is 4.52. The summed E-state index contributed by atoms with van der Waals surface area (Å²) in [5, 5.41) is 5.34. The maximum Gasteiger partial charge on any atom is 0.198 e. The molecule has 0 bridgehead atoms. The van der Waals surface area contributed by atoms with Crippen LogP contribution in [-0.2, 0) is 4.74 Å². The molecule has 3 nitrogen and oxygen atoms in total. The summed E-state index contributed by atoms with van der Waals surface area (Å²) in [5.41, 5.74) is 0. The predicted octanol–water partition coefficient (Wildman–Crippen LogP) is 2.73. The number of thiophene rings is 1. The summed E-state index contributed by atoms with van der Waals surface area (Å²) in [6, 6.07) is 3.75. The molecule has 0 amide bonds. The molecule has 0 saturated carbocycles. The third-order valence-electron chi connectivity index (χ3n) is 3.33. The number of hydrogen-bond acceptors (Lipinski definition) is 4. The molecule has 1 saturated heterocycles. The first-order chi connectivity index (χ1) is 8.86. The lowest BCUT2D eigenvalue weighted by Gasteiger charge is -2.22. The zero-order valence-electron chi connectivity index (χ0n) is 10.7. The summed E-state index contributed by atoms with van der Waals surface area (Å²) in [4.78, 5) is 12.4. The lowest BCUT2D eigenvalue weighted by Crippen LogP contribution is -2.29. The van der Waals surface area contributed by atoms with Crippen molar-refractivity contribution in [2.75, 3.05) is 26.3 Å². The van der Waals surface area contributed by atoms with E-state index >= 15 is 0 Å². The van der Waals surface area contributed by atoms with Gasteiger partial charge in [-0.15, -0.1) is 11.3 Å². The minimum atomic E-state index is 0.101. The van der Waals surface area contributed by atoms with Crippen molar-refractivity contribution in [1.82, 2.24) is 5.32 Å². The number of hydrogen-bond donors (Lipinski definition) is 1. The summed E-state index contributed by atoms with van der Waals surface area (Å²) in [6.07, 6.45) is 4.90. The van der Waals surface area contributed by atoms with E-state index < -0.39 is 0 Å². The quantitative estimate of drug-likeness (QED) is 0.610. The Balaban J connectivity index is 1.52. The molecule has 0 aromatic carbocycles. The molecule has 1 fully saturated rings. The van der Waals surface area contributed by atoms with Crippen LogP contribution in [-0.4, -0.2) is 32.1 Å². The van der Waals surface area contributed by atoms with E-state index in [1.807, 2.05) is 17.5 Å². The molecule has 4 heteroatoms. The second kappa shape index (κ2) is 7.67. The molecule has 2 heterocycles. The minimum absolute atomic E-state index is 0.101. The maximum absolute atomic E-state index is 11.6. The molecule has 0 spiro atoms. The molecule has 1 aliphatic heterocycles. The van der Waals surface area contributed by atoms with Gasteiger partial charge in [-0.1, -0.05) is 6.07 Å². The summed E-state index contributed by atoms with van der Waals surface area (Å²) >= 11 is 1.48. The highest BCUT2D eigenvalue weighted by Crippen LogP contribution is 2.15. The Labute approximate surface area is 113 Å². The van der Waals surface area contributed by atoms with E-state index in [-0.39, 0.29) is 12.4 Å². The van der Waals surface area contributed by atoms with Crippen molar-refractivity contribution in [3.63, 3.8) is 0 Å². The highest BCUT2D eigenvalue weighted by atomic mass is 32.1. The number of nitrogens with one attached hydrogen (secondary N) is 1. The van der Waals surface area contributed by atoms with Gasteiger partial charge in [-0.2, -0.15) is 0 Å². The van der Waals surface area contributed by atoms with Gasteiger partial charge in [-0.05, 0) is 56.1 Å². The van der Waals surface area contributed by atoms with Gasteiger partial charge in [-0.25, -0.2) is 0 Å². The Morgan fingerprint density at radius 1 is 1.56 bits per heavy atom. The van der Waals surface area contributed by atoms with Crippen molar-refractivity contribution in [3.8, 4) is 0 Å². The van der Waals surface area contributed by atoms with Crippen LogP contribution < -0.4 is 5.32 Å². The standard InChI is InChI=1S/C14H21NO2S/c16-13(14-6-3-9-18-14)11-17-8-2-5-12-4-1-7-15-10-12/h3,6,9,12,15H,1-2,4-5,7-8,10-11H2/t12-/m1/s1. The Hall–Kier alpha value is -0.710.